The minimum Gasteiger partial charge on any atom is -0.326 e. The molecule has 0 amide bonds. The second-order valence-corrected chi connectivity index (χ2v) is 4.17. The maximum absolute atomic E-state index is 6.05. The summed E-state index contributed by atoms with van der Waals surface area (Å²) in [7, 11) is 2.12. The number of nitrogens with two attached hydrogens (primary N) is 1. The van der Waals surface area contributed by atoms with Crippen LogP contribution in [0.1, 0.15) is 5.69 Å². The molecule has 1 saturated heterocycles. The van der Waals surface area contributed by atoms with Crippen molar-refractivity contribution in [3.63, 3.8) is 0 Å². The molecule has 1 aliphatic rings. The van der Waals surface area contributed by atoms with E-state index in [1.165, 1.54) is 0 Å². The maximum Gasteiger partial charge on any atom is 0.0407 e. The van der Waals surface area contributed by atoms with Crippen molar-refractivity contribution in [2.75, 3.05) is 20.1 Å². The van der Waals surface area contributed by atoms with Crippen LogP contribution in [0.4, 0.5) is 0 Å². The molecule has 1 aromatic heterocycles. The minimum atomic E-state index is 0.307. The number of rotatable bonds is 2. The Bertz CT molecular complexity index is 286. The molecule has 1 aromatic rings. The van der Waals surface area contributed by atoms with Crippen LogP contribution >= 0.6 is 0 Å². The standard InChI is InChI=1S/C11H17N3/c1-14-7-9(11(12)8-14)6-10-4-2-3-5-13-10/h2-5,9,11H,6-8,12H2,1H3. The monoisotopic (exact) mass is 191 g/mol. The first kappa shape index (κ1) is 9.62. The molecule has 0 spiro atoms. The molecule has 2 rings (SSSR count). The molecule has 2 heterocycles. The number of hydrogen-bond donors (Lipinski definition) is 1. The number of likely N-dealkylation sites (tertiary alicyclic amines) is 1. The van der Waals surface area contributed by atoms with E-state index in [2.05, 4.69) is 23.0 Å². The predicted molar refractivity (Wildman–Crippen MR) is 56.9 cm³/mol. The molecular formula is C11H17N3. The van der Waals surface area contributed by atoms with Gasteiger partial charge in [-0.15, -0.1) is 0 Å². The summed E-state index contributed by atoms with van der Waals surface area (Å²) in [5.41, 5.74) is 7.20. The van der Waals surface area contributed by atoms with Gasteiger partial charge in [-0.05, 0) is 31.5 Å². The largest absolute Gasteiger partial charge is 0.326 e. The van der Waals surface area contributed by atoms with Gasteiger partial charge in [0.1, 0.15) is 0 Å². The summed E-state index contributed by atoms with van der Waals surface area (Å²) in [6, 6.07) is 6.36. The van der Waals surface area contributed by atoms with E-state index in [-0.39, 0.29) is 0 Å². The van der Waals surface area contributed by atoms with Crippen molar-refractivity contribution in [2.45, 2.75) is 12.5 Å². The van der Waals surface area contributed by atoms with Crippen LogP contribution in [-0.2, 0) is 6.42 Å². The first-order chi connectivity index (χ1) is 6.75. The first-order valence-corrected chi connectivity index (χ1v) is 5.10. The van der Waals surface area contributed by atoms with Gasteiger partial charge >= 0.3 is 0 Å². The molecular weight excluding hydrogens is 174 g/mol. The van der Waals surface area contributed by atoms with Crippen LogP contribution in [-0.4, -0.2) is 36.1 Å². The Balaban J connectivity index is 1.98. The van der Waals surface area contributed by atoms with E-state index in [0.29, 0.717) is 12.0 Å². The summed E-state index contributed by atoms with van der Waals surface area (Å²) in [6.07, 6.45) is 2.85. The fourth-order valence-electron chi connectivity index (χ4n) is 2.12. The molecule has 14 heavy (non-hydrogen) atoms. The van der Waals surface area contributed by atoms with E-state index in [0.717, 1.165) is 25.2 Å². The molecule has 0 aliphatic carbocycles. The van der Waals surface area contributed by atoms with Crippen LogP contribution in [0.2, 0.25) is 0 Å². The van der Waals surface area contributed by atoms with Gasteiger partial charge in [-0.1, -0.05) is 6.07 Å². The smallest absolute Gasteiger partial charge is 0.0407 e. The normalized spacial score (nSPS) is 28.1. The fraction of sp³-hybridized carbons (Fsp3) is 0.545. The van der Waals surface area contributed by atoms with Crippen molar-refractivity contribution in [1.82, 2.24) is 9.88 Å². The fourth-order valence-corrected chi connectivity index (χ4v) is 2.12. The first-order valence-electron chi connectivity index (χ1n) is 5.10. The average molecular weight is 191 g/mol. The number of aromatic nitrogens is 1. The zero-order valence-corrected chi connectivity index (χ0v) is 8.56. The number of pyridine rings is 1. The van der Waals surface area contributed by atoms with E-state index in [1.807, 2.05) is 18.3 Å². The van der Waals surface area contributed by atoms with Crippen molar-refractivity contribution in [3.05, 3.63) is 30.1 Å². The molecule has 1 fully saturated rings. The Morgan fingerprint density at radius 2 is 2.36 bits per heavy atom. The van der Waals surface area contributed by atoms with E-state index in [4.69, 9.17) is 5.73 Å². The number of nitrogens with zero attached hydrogens (tertiary/aromatic N) is 2. The van der Waals surface area contributed by atoms with E-state index >= 15 is 0 Å². The van der Waals surface area contributed by atoms with Crippen LogP contribution in [0, 0.1) is 5.92 Å². The van der Waals surface area contributed by atoms with Gasteiger partial charge in [-0.2, -0.15) is 0 Å². The Morgan fingerprint density at radius 3 is 2.93 bits per heavy atom. The van der Waals surface area contributed by atoms with Crippen molar-refractivity contribution in [3.8, 4) is 0 Å². The van der Waals surface area contributed by atoms with Crippen molar-refractivity contribution >= 4 is 0 Å². The highest BCUT2D eigenvalue weighted by Gasteiger charge is 2.27. The molecule has 0 radical (unpaired) electrons. The van der Waals surface area contributed by atoms with Gasteiger partial charge in [0, 0.05) is 31.0 Å². The van der Waals surface area contributed by atoms with Gasteiger partial charge in [0.2, 0.25) is 0 Å². The van der Waals surface area contributed by atoms with Gasteiger partial charge in [0.05, 0.1) is 0 Å². The van der Waals surface area contributed by atoms with Crippen LogP contribution in [0.15, 0.2) is 24.4 Å². The average Bonchev–Trinajstić information content (AvgIpc) is 2.47. The number of hydrogen-bond acceptors (Lipinski definition) is 3. The lowest BCUT2D eigenvalue weighted by molar-refractivity contribution is 0.393. The minimum absolute atomic E-state index is 0.307. The molecule has 76 valence electrons. The van der Waals surface area contributed by atoms with Crippen LogP contribution in [0.5, 0.6) is 0 Å². The SMILES string of the molecule is CN1CC(N)C(Cc2ccccn2)C1. The zero-order chi connectivity index (χ0) is 9.97. The molecule has 0 aromatic carbocycles. The van der Waals surface area contributed by atoms with Gasteiger partial charge in [0.15, 0.2) is 0 Å². The zero-order valence-electron chi connectivity index (χ0n) is 8.56. The second kappa shape index (κ2) is 4.07. The summed E-state index contributed by atoms with van der Waals surface area (Å²) in [5.74, 6) is 0.565. The highest BCUT2D eigenvalue weighted by molar-refractivity contribution is 5.06. The van der Waals surface area contributed by atoms with Crippen molar-refractivity contribution in [2.24, 2.45) is 11.7 Å². The Labute approximate surface area is 84.9 Å². The highest BCUT2D eigenvalue weighted by atomic mass is 15.1. The van der Waals surface area contributed by atoms with E-state index in [9.17, 15) is 0 Å². The molecule has 1 aliphatic heterocycles. The Hall–Kier alpha value is -0.930. The van der Waals surface area contributed by atoms with Gasteiger partial charge in [0.25, 0.3) is 0 Å². The van der Waals surface area contributed by atoms with Gasteiger partial charge < -0.3 is 10.6 Å². The molecule has 3 nitrogen and oxygen atoms in total. The predicted octanol–water partition coefficient (Wildman–Crippen LogP) is 0.513. The topological polar surface area (TPSA) is 42.1 Å². The van der Waals surface area contributed by atoms with Crippen LogP contribution in [0.25, 0.3) is 0 Å². The van der Waals surface area contributed by atoms with Crippen molar-refractivity contribution in [1.29, 1.82) is 0 Å². The lowest BCUT2D eigenvalue weighted by Gasteiger charge is -2.12. The molecule has 2 atom stereocenters. The highest BCUT2D eigenvalue weighted by Crippen LogP contribution is 2.17. The molecule has 2 unspecified atom stereocenters. The van der Waals surface area contributed by atoms with Crippen molar-refractivity contribution < 1.29 is 0 Å². The maximum atomic E-state index is 6.05. The number of likely N-dealkylation sites (N-methyl/N-ethyl adjacent to an activating group) is 1. The van der Waals surface area contributed by atoms with Gasteiger partial charge in [-0.25, -0.2) is 0 Å². The third-order valence-electron chi connectivity index (χ3n) is 2.87. The quantitative estimate of drug-likeness (QED) is 0.740. The lowest BCUT2D eigenvalue weighted by Crippen LogP contribution is -2.30. The summed E-state index contributed by atoms with van der Waals surface area (Å²) < 4.78 is 0. The van der Waals surface area contributed by atoms with E-state index < -0.39 is 0 Å². The third kappa shape index (κ3) is 2.11. The molecule has 3 heteroatoms. The molecule has 2 N–H and O–H groups in total. The van der Waals surface area contributed by atoms with Gasteiger partial charge in [-0.3, -0.25) is 4.98 Å². The van der Waals surface area contributed by atoms with E-state index in [1.54, 1.807) is 0 Å². The summed E-state index contributed by atoms with van der Waals surface area (Å²) in [6.45, 7) is 2.11. The summed E-state index contributed by atoms with van der Waals surface area (Å²) in [4.78, 5) is 6.62. The lowest BCUT2D eigenvalue weighted by atomic mass is 9.98. The third-order valence-corrected chi connectivity index (χ3v) is 2.87. The van der Waals surface area contributed by atoms with Crippen LogP contribution < -0.4 is 5.73 Å². The summed E-state index contributed by atoms with van der Waals surface area (Å²) in [5, 5.41) is 0. The van der Waals surface area contributed by atoms with Crippen LogP contribution in [0.3, 0.4) is 0 Å². The Kier molecular flexibility index (Phi) is 2.79. The molecule has 0 bridgehead atoms. The summed E-state index contributed by atoms with van der Waals surface area (Å²) >= 11 is 0. The second-order valence-electron chi connectivity index (χ2n) is 4.17. The Morgan fingerprint density at radius 1 is 1.50 bits per heavy atom. The molecule has 0 saturated carbocycles.